The zero-order chi connectivity index (χ0) is 30.6. The quantitative estimate of drug-likeness (QED) is 0.138. The molecule has 0 bridgehead atoms. The number of amides is 1. The van der Waals surface area contributed by atoms with Crippen LogP contribution in [-0.4, -0.2) is 43.7 Å². The lowest BCUT2D eigenvalue weighted by molar-refractivity contribution is -0.385. The second-order valence-electron chi connectivity index (χ2n) is 9.35. The predicted molar refractivity (Wildman–Crippen MR) is 164 cm³/mol. The fourth-order valence-corrected chi connectivity index (χ4v) is 6.24. The second kappa shape index (κ2) is 12.6. The molecule has 1 heterocycles. The van der Waals surface area contributed by atoms with Gasteiger partial charge in [0.25, 0.3) is 21.6 Å². The number of aromatic nitrogens is 1. The first-order chi connectivity index (χ1) is 19.9. The lowest BCUT2D eigenvalue weighted by Crippen LogP contribution is -2.39. The third-order valence-electron chi connectivity index (χ3n) is 6.54. The fraction of sp³-hybridized carbons (Fsp3) is 0.172. The van der Waals surface area contributed by atoms with Crippen LogP contribution >= 0.6 is 15.9 Å². The fourth-order valence-electron chi connectivity index (χ4n) is 4.41. The van der Waals surface area contributed by atoms with Gasteiger partial charge in [-0.3, -0.25) is 19.2 Å². The van der Waals surface area contributed by atoms with Gasteiger partial charge < -0.3 is 9.30 Å². The van der Waals surface area contributed by atoms with Gasteiger partial charge in [0, 0.05) is 38.7 Å². The van der Waals surface area contributed by atoms with Crippen molar-refractivity contribution in [1.82, 2.24) is 9.99 Å². The Balaban J connectivity index is 1.60. The molecule has 0 fully saturated rings. The maximum Gasteiger partial charge on any atom is 0.273 e. The highest BCUT2D eigenvalue weighted by Crippen LogP contribution is 2.29. The topological polar surface area (TPSA) is 136 Å². The van der Waals surface area contributed by atoms with Crippen LogP contribution in [0.2, 0.25) is 0 Å². The molecule has 1 amide bonds. The predicted octanol–water partition coefficient (Wildman–Crippen LogP) is 5.43. The van der Waals surface area contributed by atoms with Crippen LogP contribution in [-0.2, 0) is 14.8 Å². The van der Waals surface area contributed by atoms with Crippen molar-refractivity contribution >= 4 is 49.4 Å². The molecular formula is C29H28BrN5O6S. The van der Waals surface area contributed by atoms with Gasteiger partial charge in [-0.05, 0) is 75.4 Å². The van der Waals surface area contributed by atoms with E-state index in [1.165, 1.54) is 44.5 Å². The molecule has 0 saturated heterocycles. The molecule has 0 radical (unpaired) electrons. The van der Waals surface area contributed by atoms with Crippen LogP contribution in [0.1, 0.15) is 22.5 Å². The van der Waals surface area contributed by atoms with Crippen molar-refractivity contribution in [2.45, 2.75) is 25.7 Å². The molecule has 42 heavy (non-hydrogen) atoms. The number of sulfonamides is 1. The van der Waals surface area contributed by atoms with Gasteiger partial charge in [-0.1, -0.05) is 28.1 Å². The Labute approximate surface area is 251 Å². The number of ether oxygens (including phenoxy) is 1. The molecule has 11 nitrogen and oxygen atoms in total. The van der Waals surface area contributed by atoms with Crippen molar-refractivity contribution in [3.63, 3.8) is 0 Å². The molecule has 0 spiro atoms. The van der Waals surface area contributed by atoms with E-state index >= 15 is 0 Å². The molecule has 0 aliphatic heterocycles. The smallest absolute Gasteiger partial charge is 0.273 e. The zero-order valence-electron chi connectivity index (χ0n) is 23.2. The lowest BCUT2D eigenvalue weighted by atomic mass is 10.2. The Morgan fingerprint density at radius 1 is 1.10 bits per heavy atom. The lowest BCUT2D eigenvalue weighted by Gasteiger charge is -2.24. The van der Waals surface area contributed by atoms with Crippen molar-refractivity contribution < 1.29 is 22.9 Å². The number of nitro benzene ring substituents is 1. The summed E-state index contributed by atoms with van der Waals surface area (Å²) in [4.78, 5) is 23.5. The number of carbonyl (C=O) groups is 1. The molecular weight excluding hydrogens is 626 g/mol. The first kappa shape index (κ1) is 30.5. The Hall–Kier alpha value is -4.49. The van der Waals surface area contributed by atoms with E-state index in [4.69, 9.17) is 4.74 Å². The van der Waals surface area contributed by atoms with E-state index in [1.54, 1.807) is 12.1 Å². The Kier molecular flexibility index (Phi) is 9.12. The number of rotatable bonds is 10. The largest absolute Gasteiger partial charge is 0.497 e. The maximum atomic E-state index is 13.7. The summed E-state index contributed by atoms with van der Waals surface area (Å²) in [7, 11) is -2.92. The molecule has 4 rings (SSSR count). The Morgan fingerprint density at radius 3 is 2.45 bits per heavy atom. The summed E-state index contributed by atoms with van der Waals surface area (Å²) >= 11 is 3.49. The summed E-state index contributed by atoms with van der Waals surface area (Å²) in [6.07, 6.45) is 1.49. The number of methoxy groups -OCH3 is 1. The van der Waals surface area contributed by atoms with Crippen LogP contribution in [0.5, 0.6) is 5.75 Å². The summed E-state index contributed by atoms with van der Waals surface area (Å²) in [5.74, 6) is -0.232. The summed E-state index contributed by atoms with van der Waals surface area (Å²) in [5.41, 5.74) is 6.10. The van der Waals surface area contributed by atoms with Gasteiger partial charge in [-0.2, -0.15) is 5.10 Å². The highest BCUT2D eigenvalue weighted by Gasteiger charge is 2.29. The number of carbonyl (C=O) groups excluding carboxylic acids is 1. The minimum absolute atomic E-state index is 0.163. The van der Waals surface area contributed by atoms with Crippen LogP contribution in [0, 0.1) is 30.9 Å². The van der Waals surface area contributed by atoms with Crippen LogP contribution in [0.4, 0.5) is 11.4 Å². The summed E-state index contributed by atoms with van der Waals surface area (Å²) in [6.45, 7) is 4.76. The highest BCUT2D eigenvalue weighted by atomic mass is 79.9. The van der Waals surface area contributed by atoms with Gasteiger partial charge in [-0.15, -0.1) is 0 Å². The molecule has 0 saturated carbocycles. The Bertz CT molecular complexity index is 1780. The van der Waals surface area contributed by atoms with E-state index < -0.39 is 27.4 Å². The molecule has 13 heteroatoms. The van der Waals surface area contributed by atoms with Crippen molar-refractivity contribution in [1.29, 1.82) is 0 Å². The third-order valence-corrected chi connectivity index (χ3v) is 8.81. The van der Waals surface area contributed by atoms with Crippen molar-refractivity contribution in [3.8, 4) is 11.4 Å². The van der Waals surface area contributed by atoms with E-state index in [2.05, 4.69) is 26.5 Å². The molecule has 1 N–H and O–H groups in total. The Morgan fingerprint density at radius 2 is 1.81 bits per heavy atom. The van der Waals surface area contributed by atoms with Crippen LogP contribution in [0.25, 0.3) is 5.69 Å². The number of halogens is 1. The molecule has 3 aromatic carbocycles. The first-order valence-corrected chi connectivity index (χ1v) is 14.8. The molecule has 0 aliphatic carbocycles. The van der Waals surface area contributed by atoms with Crippen LogP contribution in [0.15, 0.2) is 87.3 Å². The van der Waals surface area contributed by atoms with E-state index in [-0.39, 0.29) is 16.3 Å². The van der Waals surface area contributed by atoms with Crippen LogP contribution in [0.3, 0.4) is 0 Å². The normalized spacial score (nSPS) is 11.5. The summed E-state index contributed by atoms with van der Waals surface area (Å²) in [5, 5.41) is 15.5. The van der Waals surface area contributed by atoms with Crippen molar-refractivity contribution in [3.05, 3.63) is 110 Å². The van der Waals surface area contributed by atoms with Crippen LogP contribution < -0.4 is 14.5 Å². The van der Waals surface area contributed by atoms with Gasteiger partial charge in [0.2, 0.25) is 0 Å². The molecule has 218 valence electrons. The van der Waals surface area contributed by atoms with Crippen molar-refractivity contribution in [2.75, 3.05) is 18.0 Å². The zero-order valence-corrected chi connectivity index (χ0v) is 25.6. The van der Waals surface area contributed by atoms with E-state index in [0.717, 1.165) is 37.5 Å². The number of anilines is 1. The molecule has 0 aliphatic rings. The minimum atomic E-state index is -4.39. The molecule has 0 unspecified atom stereocenters. The minimum Gasteiger partial charge on any atom is -0.497 e. The number of hydrogen-bond donors (Lipinski definition) is 1. The number of hydrogen-bond acceptors (Lipinski definition) is 7. The number of nitro groups is 1. The number of aryl methyl sites for hydroxylation is 2. The summed E-state index contributed by atoms with van der Waals surface area (Å²) in [6, 6.07) is 19.4. The first-order valence-electron chi connectivity index (χ1n) is 12.6. The van der Waals surface area contributed by atoms with Gasteiger partial charge >= 0.3 is 0 Å². The molecule has 1 aromatic heterocycles. The van der Waals surface area contributed by atoms with Gasteiger partial charge in [-0.25, -0.2) is 13.8 Å². The number of nitrogens with zero attached hydrogens (tertiary/aromatic N) is 4. The van der Waals surface area contributed by atoms with Gasteiger partial charge in [0.05, 0.1) is 28.8 Å². The number of nitrogens with one attached hydrogen (secondary N) is 1. The SMILES string of the molecule is COc1ccc(N(CC(=O)N/N=C/c2cc(C)n(-c3cccc(Br)c3)c2C)S(=O)(=O)c2ccc(C)c([N+](=O)[O-])c2)cc1. The van der Waals surface area contributed by atoms with E-state index in [1.807, 2.05) is 48.7 Å². The second-order valence-corrected chi connectivity index (χ2v) is 12.1. The molecule has 4 aromatic rings. The number of benzene rings is 3. The number of hydrazone groups is 1. The van der Waals surface area contributed by atoms with E-state index in [9.17, 15) is 23.3 Å². The standard InChI is InChI=1S/C29H28BrN5O6S/c1-19-8-13-27(16-28(19)35(37)38)42(39,40)33(24-9-11-26(41-4)12-10-24)18-29(36)32-31-17-22-14-20(2)34(21(22)3)25-7-5-6-23(30)15-25/h5-17H,18H2,1-4H3,(H,32,36)/b31-17+. The van der Waals surface area contributed by atoms with Gasteiger partial charge in [0.1, 0.15) is 12.3 Å². The monoisotopic (exact) mass is 653 g/mol. The van der Waals surface area contributed by atoms with Crippen molar-refractivity contribution in [2.24, 2.45) is 5.10 Å². The third kappa shape index (κ3) is 6.52. The summed E-state index contributed by atoms with van der Waals surface area (Å²) < 4.78 is 36.4. The average Bonchev–Trinajstić information content (AvgIpc) is 3.24. The highest BCUT2D eigenvalue weighted by molar-refractivity contribution is 9.10. The maximum absolute atomic E-state index is 13.7. The van der Waals surface area contributed by atoms with Gasteiger partial charge in [0.15, 0.2) is 0 Å². The average molecular weight is 655 g/mol. The molecule has 0 atom stereocenters. The van der Waals surface area contributed by atoms with E-state index in [0.29, 0.717) is 11.3 Å².